The van der Waals surface area contributed by atoms with E-state index >= 15 is 0 Å². The van der Waals surface area contributed by atoms with Crippen molar-refractivity contribution in [2.75, 3.05) is 0 Å². The molecule has 1 saturated carbocycles. The molecule has 1 heterocycles. The maximum absolute atomic E-state index is 11.9. The van der Waals surface area contributed by atoms with E-state index in [0.29, 0.717) is 6.42 Å². The maximum Gasteiger partial charge on any atom is 0.220 e. The zero-order valence-corrected chi connectivity index (χ0v) is 12.8. The standard InChI is InChI=1S/C15H22ClNOS/c16-13-8-2-1-3-9-14(13)17-15(18)10-4-6-12-7-5-11-19-12/h5,7,11,13-14H,1-4,6,8-10H2,(H,17,18). The molecule has 4 heteroatoms. The number of amides is 1. The summed E-state index contributed by atoms with van der Waals surface area (Å²) in [4.78, 5) is 13.3. The Morgan fingerprint density at radius 3 is 3.00 bits per heavy atom. The quantitative estimate of drug-likeness (QED) is 0.643. The Morgan fingerprint density at radius 2 is 2.21 bits per heavy atom. The van der Waals surface area contributed by atoms with E-state index in [-0.39, 0.29) is 17.3 Å². The number of rotatable bonds is 5. The summed E-state index contributed by atoms with van der Waals surface area (Å²) in [6, 6.07) is 4.37. The van der Waals surface area contributed by atoms with Crippen molar-refractivity contribution in [1.82, 2.24) is 5.32 Å². The first-order chi connectivity index (χ1) is 9.25. The van der Waals surface area contributed by atoms with Crippen molar-refractivity contribution in [3.63, 3.8) is 0 Å². The summed E-state index contributed by atoms with van der Waals surface area (Å²) in [5, 5.41) is 5.32. The lowest BCUT2D eigenvalue weighted by Crippen LogP contribution is -2.40. The second-order valence-corrected chi connectivity index (χ2v) is 6.85. The molecule has 2 nitrogen and oxygen atoms in total. The summed E-state index contributed by atoms with van der Waals surface area (Å²) in [5.41, 5.74) is 0. The fourth-order valence-corrected chi connectivity index (χ4v) is 3.68. The topological polar surface area (TPSA) is 29.1 Å². The van der Waals surface area contributed by atoms with Crippen LogP contribution in [-0.4, -0.2) is 17.3 Å². The van der Waals surface area contributed by atoms with Gasteiger partial charge in [-0.25, -0.2) is 0 Å². The summed E-state index contributed by atoms with van der Waals surface area (Å²) in [6.07, 6.45) is 8.22. The molecule has 106 valence electrons. The first kappa shape index (κ1) is 14.9. The van der Waals surface area contributed by atoms with Crippen LogP contribution in [0.15, 0.2) is 17.5 Å². The molecule has 0 aliphatic heterocycles. The zero-order valence-electron chi connectivity index (χ0n) is 11.2. The first-order valence-corrected chi connectivity index (χ1v) is 8.53. The number of hydrogen-bond donors (Lipinski definition) is 1. The first-order valence-electron chi connectivity index (χ1n) is 7.21. The van der Waals surface area contributed by atoms with Gasteiger partial charge in [0.05, 0.1) is 5.38 Å². The number of carbonyl (C=O) groups excluding carboxylic acids is 1. The summed E-state index contributed by atoms with van der Waals surface area (Å²) in [5.74, 6) is 0.161. The molecule has 1 aromatic heterocycles. The molecular weight excluding hydrogens is 278 g/mol. The van der Waals surface area contributed by atoms with Crippen LogP contribution in [-0.2, 0) is 11.2 Å². The Kier molecular flexibility index (Phi) is 6.18. The van der Waals surface area contributed by atoms with Crippen molar-refractivity contribution in [2.45, 2.75) is 62.8 Å². The minimum Gasteiger partial charge on any atom is -0.352 e. The van der Waals surface area contributed by atoms with E-state index in [1.54, 1.807) is 11.3 Å². The van der Waals surface area contributed by atoms with Crippen molar-refractivity contribution < 1.29 is 4.79 Å². The van der Waals surface area contributed by atoms with E-state index in [4.69, 9.17) is 11.6 Å². The van der Waals surface area contributed by atoms with Gasteiger partial charge in [0.2, 0.25) is 5.91 Å². The largest absolute Gasteiger partial charge is 0.352 e. The average Bonchev–Trinajstić information content (AvgIpc) is 2.82. The number of halogens is 1. The lowest BCUT2D eigenvalue weighted by molar-refractivity contribution is -0.121. The number of hydrogen-bond acceptors (Lipinski definition) is 2. The monoisotopic (exact) mass is 299 g/mol. The van der Waals surface area contributed by atoms with Crippen molar-refractivity contribution in [3.05, 3.63) is 22.4 Å². The Morgan fingerprint density at radius 1 is 1.37 bits per heavy atom. The molecule has 0 radical (unpaired) electrons. The molecule has 19 heavy (non-hydrogen) atoms. The third-order valence-electron chi connectivity index (χ3n) is 3.69. The Balaban J connectivity index is 1.68. The van der Waals surface area contributed by atoms with Gasteiger partial charge in [0.1, 0.15) is 0 Å². The highest BCUT2D eigenvalue weighted by molar-refractivity contribution is 7.09. The van der Waals surface area contributed by atoms with Crippen LogP contribution >= 0.6 is 22.9 Å². The van der Waals surface area contributed by atoms with Gasteiger partial charge < -0.3 is 5.32 Å². The highest BCUT2D eigenvalue weighted by Gasteiger charge is 2.22. The van der Waals surface area contributed by atoms with Gasteiger partial charge in [-0.15, -0.1) is 22.9 Å². The van der Waals surface area contributed by atoms with Crippen LogP contribution in [0.4, 0.5) is 0 Å². The Labute approximate surface area is 124 Å². The molecule has 0 saturated heterocycles. The second kappa shape index (κ2) is 7.91. The van der Waals surface area contributed by atoms with Gasteiger partial charge in [-0.1, -0.05) is 25.3 Å². The SMILES string of the molecule is O=C(CCCc1cccs1)NC1CCCCCC1Cl. The summed E-state index contributed by atoms with van der Waals surface area (Å²) < 4.78 is 0. The Hall–Kier alpha value is -0.540. The fraction of sp³-hybridized carbons (Fsp3) is 0.667. The smallest absolute Gasteiger partial charge is 0.220 e. The van der Waals surface area contributed by atoms with Gasteiger partial charge in [0.25, 0.3) is 0 Å². The zero-order chi connectivity index (χ0) is 13.5. The van der Waals surface area contributed by atoms with Crippen molar-refractivity contribution in [1.29, 1.82) is 0 Å². The molecule has 1 N–H and O–H groups in total. The number of thiophene rings is 1. The van der Waals surface area contributed by atoms with E-state index in [1.165, 1.54) is 24.1 Å². The van der Waals surface area contributed by atoms with E-state index < -0.39 is 0 Å². The van der Waals surface area contributed by atoms with Gasteiger partial charge in [-0.05, 0) is 37.1 Å². The van der Waals surface area contributed by atoms with Crippen LogP contribution in [0.3, 0.4) is 0 Å². The van der Waals surface area contributed by atoms with Crippen molar-refractivity contribution in [3.8, 4) is 0 Å². The van der Waals surface area contributed by atoms with Gasteiger partial charge in [-0.2, -0.15) is 0 Å². The molecule has 2 unspecified atom stereocenters. The van der Waals surface area contributed by atoms with Crippen LogP contribution < -0.4 is 5.32 Å². The second-order valence-electron chi connectivity index (χ2n) is 5.26. The average molecular weight is 300 g/mol. The summed E-state index contributed by atoms with van der Waals surface area (Å²) >= 11 is 8.09. The normalized spacial score (nSPS) is 23.8. The molecule has 1 aliphatic rings. The number of nitrogens with one attached hydrogen (secondary N) is 1. The Bertz CT molecular complexity index is 380. The molecular formula is C15H22ClNOS. The molecule has 1 aliphatic carbocycles. The molecule has 0 bridgehead atoms. The van der Waals surface area contributed by atoms with Gasteiger partial charge in [-0.3, -0.25) is 4.79 Å². The predicted molar refractivity (Wildman–Crippen MR) is 81.9 cm³/mol. The number of aryl methyl sites for hydroxylation is 1. The van der Waals surface area contributed by atoms with Gasteiger partial charge >= 0.3 is 0 Å². The van der Waals surface area contributed by atoms with Crippen molar-refractivity contribution in [2.24, 2.45) is 0 Å². The maximum atomic E-state index is 11.9. The minimum atomic E-state index is 0.115. The van der Waals surface area contributed by atoms with Crippen LogP contribution in [0.5, 0.6) is 0 Å². The highest BCUT2D eigenvalue weighted by Crippen LogP contribution is 2.22. The van der Waals surface area contributed by atoms with Crippen LogP contribution in [0.2, 0.25) is 0 Å². The predicted octanol–water partition coefficient (Wildman–Crippen LogP) is 4.13. The van der Waals surface area contributed by atoms with E-state index in [2.05, 4.69) is 22.8 Å². The highest BCUT2D eigenvalue weighted by atomic mass is 35.5. The molecule has 1 aromatic rings. The lowest BCUT2D eigenvalue weighted by Gasteiger charge is -2.21. The number of carbonyl (C=O) groups is 1. The molecule has 2 atom stereocenters. The minimum absolute atomic E-state index is 0.115. The van der Waals surface area contributed by atoms with Crippen LogP contribution in [0, 0.1) is 0 Å². The van der Waals surface area contributed by atoms with Gasteiger partial charge in [0, 0.05) is 17.3 Å². The van der Waals surface area contributed by atoms with E-state index in [1.807, 2.05) is 0 Å². The summed E-state index contributed by atoms with van der Waals surface area (Å²) in [6.45, 7) is 0. The molecule has 0 aromatic carbocycles. The third-order valence-corrected chi connectivity index (χ3v) is 5.14. The molecule has 2 rings (SSSR count). The van der Waals surface area contributed by atoms with E-state index in [9.17, 15) is 4.79 Å². The van der Waals surface area contributed by atoms with Gasteiger partial charge in [0.15, 0.2) is 0 Å². The molecule has 0 spiro atoms. The molecule has 1 amide bonds. The van der Waals surface area contributed by atoms with Crippen LogP contribution in [0.25, 0.3) is 0 Å². The lowest BCUT2D eigenvalue weighted by atomic mass is 10.1. The number of alkyl halides is 1. The van der Waals surface area contributed by atoms with Crippen LogP contribution in [0.1, 0.15) is 49.8 Å². The fourth-order valence-electron chi connectivity index (χ4n) is 2.58. The summed E-state index contributed by atoms with van der Waals surface area (Å²) in [7, 11) is 0. The van der Waals surface area contributed by atoms with E-state index in [0.717, 1.165) is 25.7 Å². The third kappa shape index (κ3) is 5.15. The van der Waals surface area contributed by atoms with Crippen molar-refractivity contribution >= 4 is 28.8 Å². The molecule has 1 fully saturated rings.